The molecule has 0 N–H and O–H groups in total. The number of hydrogen-bond donors (Lipinski definition) is 0. The van der Waals surface area contributed by atoms with Crippen LogP contribution in [0, 0.1) is 11.7 Å². The molecule has 1 aromatic carbocycles. The van der Waals surface area contributed by atoms with Crippen molar-refractivity contribution in [1.29, 1.82) is 0 Å². The second-order valence-electron chi connectivity index (χ2n) is 4.26. The predicted molar refractivity (Wildman–Crippen MR) is 62.1 cm³/mol. The molecule has 0 radical (unpaired) electrons. The Labute approximate surface area is 105 Å². The Bertz CT molecular complexity index is 563. The Morgan fingerprint density at radius 3 is 2.50 bits per heavy atom. The maximum absolute atomic E-state index is 13.6. The van der Waals surface area contributed by atoms with Gasteiger partial charge in [-0.2, -0.15) is 0 Å². The summed E-state index contributed by atoms with van der Waals surface area (Å²) in [5, 5.41) is -1.29. The van der Waals surface area contributed by atoms with Crippen LogP contribution in [0.4, 0.5) is 4.39 Å². The van der Waals surface area contributed by atoms with E-state index in [0.717, 1.165) is 13.2 Å². The first kappa shape index (κ1) is 13.0. The minimum atomic E-state index is -4.03. The molecule has 1 fully saturated rings. The third-order valence-corrected chi connectivity index (χ3v) is 5.15. The average molecular weight is 272 g/mol. The van der Waals surface area contributed by atoms with Gasteiger partial charge in [0.25, 0.3) is 0 Å². The van der Waals surface area contributed by atoms with E-state index < -0.39 is 31.8 Å². The van der Waals surface area contributed by atoms with Gasteiger partial charge in [-0.25, -0.2) is 12.8 Å². The summed E-state index contributed by atoms with van der Waals surface area (Å²) in [6.07, 6.45) is 1.29. The summed E-state index contributed by atoms with van der Waals surface area (Å²) in [5.41, 5.74) is 0. The van der Waals surface area contributed by atoms with Gasteiger partial charge in [-0.05, 0) is 30.9 Å². The van der Waals surface area contributed by atoms with Crippen molar-refractivity contribution in [1.82, 2.24) is 0 Å². The van der Waals surface area contributed by atoms with Crippen LogP contribution in [0.5, 0.6) is 0 Å². The van der Waals surface area contributed by atoms with Gasteiger partial charge in [-0.3, -0.25) is 4.79 Å². The number of rotatable bonds is 4. The summed E-state index contributed by atoms with van der Waals surface area (Å²) in [6.45, 7) is 0. The first-order chi connectivity index (χ1) is 8.48. The van der Waals surface area contributed by atoms with Crippen LogP contribution in [0.2, 0.25) is 0 Å². The fourth-order valence-corrected chi connectivity index (χ4v) is 3.91. The number of carbonyl (C=O) groups excluding carboxylic acids is 1. The SMILES string of the molecule is COC(=O)C(C1CC1)S(=O)(=O)c1ccccc1F. The topological polar surface area (TPSA) is 60.4 Å². The van der Waals surface area contributed by atoms with Crippen molar-refractivity contribution in [2.75, 3.05) is 7.11 Å². The monoisotopic (exact) mass is 272 g/mol. The van der Waals surface area contributed by atoms with Gasteiger partial charge in [0.2, 0.25) is 0 Å². The Kier molecular flexibility index (Phi) is 3.38. The summed E-state index contributed by atoms with van der Waals surface area (Å²) >= 11 is 0. The molecule has 0 spiro atoms. The maximum atomic E-state index is 13.6. The lowest BCUT2D eigenvalue weighted by molar-refractivity contribution is -0.140. The number of benzene rings is 1. The van der Waals surface area contributed by atoms with E-state index in [0.29, 0.717) is 12.8 Å². The number of sulfone groups is 1. The van der Waals surface area contributed by atoms with E-state index in [4.69, 9.17) is 0 Å². The van der Waals surface area contributed by atoms with Gasteiger partial charge in [0.05, 0.1) is 7.11 Å². The molecule has 0 aromatic heterocycles. The Balaban J connectivity index is 2.46. The van der Waals surface area contributed by atoms with E-state index in [1.807, 2.05) is 0 Å². The molecule has 1 atom stereocenters. The van der Waals surface area contributed by atoms with Gasteiger partial charge >= 0.3 is 5.97 Å². The molecular weight excluding hydrogens is 259 g/mol. The molecule has 0 bridgehead atoms. The molecule has 0 amide bonds. The van der Waals surface area contributed by atoms with Crippen LogP contribution in [0.25, 0.3) is 0 Å². The largest absolute Gasteiger partial charge is 0.468 e. The van der Waals surface area contributed by atoms with Crippen LogP contribution in [0.3, 0.4) is 0 Å². The Morgan fingerprint density at radius 2 is 2.00 bits per heavy atom. The highest BCUT2D eigenvalue weighted by molar-refractivity contribution is 7.92. The fourth-order valence-electron chi connectivity index (χ4n) is 1.90. The molecule has 98 valence electrons. The summed E-state index contributed by atoms with van der Waals surface area (Å²) in [4.78, 5) is 11.2. The zero-order chi connectivity index (χ0) is 13.3. The minimum Gasteiger partial charge on any atom is -0.468 e. The molecule has 6 heteroatoms. The standard InChI is InChI=1S/C12H13FO4S/c1-17-12(14)11(8-6-7-8)18(15,16)10-5-3-2-4-9(10)13/h2-5,8,11H,6-7H2,1H3. The molecule has 0 aliphatic heterocycles. The Hall–Kier alpha value is -1.43. The number of carbonyl (C=O) groups is 1. The van der Waals surface area contributed by atoms with Crippen molar-refractivity contribution in [2.24, 2.45) is 5.92 Å². The molecule has 1 aliphatic rings. The maximum Gasteiger partial charge on any atom is 0.324 e. The third-order valence-electron chi connectivity index (χ3n) is 2.96. The molecule has 1 aromatic rings. The molecule has 1 aliphatic carbocycles. The van der Waals surface area contributed by atoms with Crippen molar-refractivity contribution in [3.63, 3.8) is 0 Å². The number of esters is 1. The van der Waals surface area contributed by atoms with Gasteiger partial charge in [0.15, 0.2) is 15.1 Å². The lowest BCUT2D eigenvalue weighted by atomic mass is 10.3. The van der Waals surface area contributed by atoms with E-state index in [1.165, 1.54) is 18.2 Å². The predicted octanol–water partition coefficient (Wildman–Crippen LogP) is 1.55. The van der Waals surface area contributed by atoms with Crippen molar-refractivity contribution in [3.8, 4) is 0 Å². The van der Waals surface area contributed by atoms with Gasteiger partial charge in [-0.15, -0.1) is 0 Å². The lowest BCUT2D eigenvalue weighted by Crippen LogP contribution is -2.34. The molecule has 1 saturated carbocycles. The van der Waals surface area contributed by atoms with E-state index in [9.17, 15) is 17.6 Å². The highest BCUT2D eigenvalue weighted by Crippen LogP contribution is 2.39. The minimum absolute atomic E-state index is 0.262. The third kappa shape index (κ3) is 2.25. The molecule has 4 nitrogen and oxygen atoms in total. The molecule has 2 rings (SSSR count). The zero-order valence-electron chi connectivity index (χ0n) is 9.80. The van der Waals surface area contributed by atoms with Crippen LogP contribution < -0.4 is 0 Å². The summed E-state index contributed by atoms with van der Waals surface area (Å²) < 4.78 is 42.7. The van der Waals surface area contributed by atoms with Crippen molar-refractivity contribution in [3.05, 3.63) is 30.1 Å². The summed E-state index contributed by atoms with van der Waals surface area (Å²) in [7, 11) is -2.90. The summed E-state index contributed by atoms with van der Waals surface area (Å²) in [6, 6.07) is 5.06. The van der Waals surface area contributed by atoms with Crippen molar-refractivity contribution >= 4 is 15.8 Å². The molecule has 0 saturated heterocycles. The molecule has 1 unspecified atom stereocenters. The first-order valence-electron chi connectivity index (χ1n) is 5.54. The van der Waals surface area contributed by atoms with Crippen LogP contribution >= 0.6 is 0 Å². The number of methoxy groups -OCH3 is 1. The van der Waals surface area contributed by atoms with Crippen LogP contribution in [0.1, 0.15) is 12.8 Å². The molecule has 18 heavy (non-hydrogen) atoms. The smallest absolute Gasteiger partial charge is 0.324 e. The Morgan fingerprint density at radius 1 is 1.39 bits per heavy atom. The molecule has 0 heterocycles. The van der Waals surface area contributed by atoms with E-state index in [2.05, 4.69) is 4.74 Å². The van der Waals surface area contributed by atoms with E-state index in [-0.39, 0.29) is 5.92 Å². The highest BCUT2D eigenvalue weighted by atomic mass is 32.2. The van der Waals surface area contributed by atoms with Crippen LogP contribution in [0.15, 0.2) is 29.2 Å². The second kappa shape index (κ2) is 4.68. The zero-order valence-corrected chi connectivity index (χ0v) is 10.6. The van der Waals surface area contributed by atoms with Gasteiger partial charge in [-0.1, -0.05) is 12.1 Å². The fraction of sp³-hybridized carbons (Fsp3) is 0.417. The van der Waals surface area contributed by atoms with Gasteiger partial charge < -0.3 is 4.74 Å². The van der Waals surface area contributed by atoms with E-state index in [1.54, 1.807) is 0 Å². The van der Waals surface area contributed by atoms with Crippen LogP contribution in [-0.4, -0.2) is 26.7 Å². The average Bonchev–Trinajstić information content (AvgIpc) is 3.13. The second-order valence-corrected chi connectivity index (χ2v) is 6.29. The van der Waals surface area contributed by atoms with Gasteiger partial charge in [0.1, 0.15) is 10.7 Å². The number of ether oxygens (including phenoxy) is 1. The van der Waals surface area contributed by atoms with Crippen molar-refractivity contribution < 1.29 is 22.3 Å². The van der Waals surface area contributed by atoms with Crippen molar-refractivity contribution in [2.45, 2.75) is 23.0 Å². The highest BCUT2D eigenvalue weighted by Gasteiger charge is 2.47. The lowest BCUT2D eigenvalue weighted by Gasteiger charge is -2.15. The number of halogens is 1. The molecular formula is C12H13FO4S. The summed E-state index contributed by atoms with van der Waals surface area (Å²) in [5.74, 6) is -1.92. The normalized spacial score (nSPS) is 17.2. The quantitative estimate of drug-likeness (QED) is 0.780. The van der Waals surface area contributed by atoms with E-state index >= 15 is 0 Å². The number of hydrogen-bond acceptors (Lipinski definition) is 4. The van der Waals surface area contributed by atoms with Gasteiger partial charge in [0, 0.05) is 0 Å². The van der Waals surface area contributed by atoms with Crippen LogP contribution in [-0.2, 0) is 19.4 Å². The first-order valence-corrected chi connectivity index (χ1v) is 7.09.